The van der Waals surface area contributed by atoms with Crippen molar-refractivity contribution in [3.05, 3.63) is 114 Å². The van der Waals surface area contributed by atoms with Gasteiger partial charge in [-0.1, -0.05) is 95.2 Å². The first-order valence-electron chi connectivity index (χ1n) is 19.8. The van der Waals surface area contributed by atoms with Crippen molar-refractivity contribution in [2.45, 2.75) is 68.0 Å². The molecule has 4 heterocycles. The second-order valence-corrected chi connectivity index (χ2v) is 13.1. The Bertz CT molecular complexity index is 2480. The van der Waals surface area contributed by atoms with E-state index in [1.165, 1.54) is 12.3 Å². The molecule has 7 rings (SSSR count). The van der Waals surface area contributed by atoms with Gasteiger partial charge in [0.1, 0.15) is 0 Å². The van der Waals surface area contributed by atoms with E-state index in [1.54, 1.807) is 48.7 Å². The summed E-state index contributed by atoms with van der Waals surface area (Å²) < 4.78 is 85.1. The fourth-order valence-electron chi connectivity index (χ4n) is 5.22. The molecule has 4 aromatic heterocycles. The Kier molecular flexibility index (Phi) is 6.41. The third kappa shape index (κ3) is 7.54. The minimum atomic E-state index is -2.35. The summed E-state index contributed by atoms with van der Waals surface area (Å²) >= 11 is 0. The predicted molar refractivity (Wildman–Crippen MR) is 187 cm³/mol. The molecule has 46 heavy (non-hydrogen) atoms. The van der Waals surface area contributed by atoms with Crippen LogP contribution in [0.1, 0.15) is 77.6 Å². The summed E-state index contributed by atoms with van der Waals surface area (Å²) in [7, 11) is 0. The minimum absolute atomic E-state index is 0. The molecule has 0 fully saturated rings. The predicted octanol–water partition coefficient (Wildman–Crippen LogP) is 10.8. The van der Waals surface area contributed by atoms with Crippen LogP contribution in [0, 0.1) is 36.7 Å². The van der Waals surface area contributed by atoms with Crippen molar-refractivity contribution in [2.24, 2.45) is 10.8 Å². The SMILES string of the molecule is [2H]C([2H])([2H])c1c[c-]c(-c2ccc(C([2H])([2H])C(C)(C)C)cn2)cc1.[2H]C([2H])([2H])c1cc2ccc3c[c-]c(-c4cc(C([2H])([2H])C(C)(C)C)ccn4)c4oc(n1)c2c34.[Ir]. The van der Waals surface area contributed by atoms with Crippen LogP contribution in [0.2, 0.25) is 0 Å². The molecular formula is C41H41IrN3O-2. The van der Waals surface area contributed by atoms with Gasteiger partial charge in [0.25, 0.3) is 0 Å². The van der Waals surface area contributed by atoms with Crippen molar-refractivity contribution in [1.82, 2.24) is 15.0 Å². The average Bonchev–Trinajstić information content (AvgIpc) is 3.50. The van der Waals surface area contributed by atoms with E-state index in [0.717, 1.165) is 21.5 Å². The molecule has 0 unspecified atom stereocenters. The molecule has 0 amide bonds. The van der Waals surface area contributed by atoms with Gasteiger partial charge in [-0.05, 0) is 70.3 Å². The maximum atomic E-state index is 8.61. The van der Waals surface area contributed by atoms with Gasteiger partial charge in [-0.15, -0.1) is 47.5 Å². The monoisotopic (exact) mass is 794 g/mol. The zero-order chi connectivity index (χ0) is 40.5. The number of benzene rings is 3. The summed E-state index contributed by atoms with van der Waals surface area (Å²) in [5.41, 5.74) is 3.33. The molecule has 0 bridgehead atoms. The van der Waals surface area contributed by atoms with E-state index >= 15 is 0 Å². The number of aromatic nitrogens is 3. The number of hydrogen-bond acceptors (Lipinski definition) is 4. The zero-order valence-corrected chi connectivity index (χ0v) is 29.0. The summed E-state index contributed by atoms with van der Waals surface area (Å²) in [6.45, 7) is 6.64. The smallest absolute Gasteiger partial charge is 0.216 e. The van der Waals surface area contributed by atoms with Crippen molar-refractivity contribution in [1.29, 1.82) is 0 Å². The van der Waals surface area contributed by atoms with Crippen LogP contribution in [0.3, 0.4) is 0 Å². The van der Waals surface area contributed by atoms with Crippen LogP contribution in [0.15, 0.2) is 83.5 Å². The Morgan fingerprint density at radius 2 is 1.54 bits per heavy atom. The van der Waals surface area contributed by atoms with Crippen LogP contribution in [-0.2, 0) is 32.9 Å². The fraction of sp³-hybridized carbons (Fsp3) is 0.293. The van der Waals surface area contributed by atoms with E-state index in [-0.39, 0.29) is 37.1 Å². The van der Waals surface area contributed by atoms with Crippen molar-refractivity contribution in [2.75, 3.05) is 0 Å². The van der Waals surface area contributed by atoms with Gasteiger partial charge in [0.15, 0.2) is 0 Å². The van der Waals surface area contributed by atoms with Gasteiger partial charge in [-0.3, -0.25) is 0 Å². The first kappa shape index (κ1) is 22.6. The molecule has 0 aliphatic rings. The summed E-state index contributed by atoms with van der Waals surface area (Å²) in [5, 5.41) is 3.25. The first-order valence-corrected chi connectivity index (χ1v) is 14.8. The number of pyridine rings is 3. The molecule has 1 radical (unpaired) electrons. The summed E-state index contributed by atoms with van der Waals surface area (Å²) in [5.74, 6) is 0. The molecule has 0 saturated heterocycles. The van der Waals surface area contributed by atoms with Gasteiger partial charge < -0.3 is 14.4 Å². The standard InChI is InChI=1S/C24H21N2O.C17H20N.Ir/c1-14-11-17-6-5-16-7-8-18(22-20(16)21(17)23(26-14)27-22)19-12-15(9-10-25-19)13-24(2,3)4;1-13-5-8-15(9-6-13)16-10-7-14(12-18-16)11-17(2,3)4;/h5-7,9-12H,13H2,1-4H3;5-8,10,12H,11H2,1-4H3;/q2*-1;/i1D3,13D2;1D3,11D2;. The van der Waals surface area contributed by atoms with Crippen LogP contribution >= 0.6 is 0 Å². The molecule has 5 heteroatoms. The van der Waals surface area contributed by atoms with Gasteiger partial charge in [-0.25, -0.2) is 4.98 Å². The van der Waals surface area contributed by atoms with E-state index in [4.69, 9.17) is 18.1 Å². The Morgan fingerprint density at radius 3 is 2.22 bits per heavy atom. The van der Waals surface area contributed by atoms with Crippen LogP contribution in [0.4, 0.5) is 0 Å². The molecular weight excluding hydrogens is 743 g/mol. The quantitative estimate of drug-likeness (QED) is 0.132. The molecule has 0 atom stereocenters. The minimum Gasteiger partial charge on any atom is -0.486 e. The topological polar surface area (TPSA) is 51.8 Å². The van der Waals surface area contributed by atoms with E-state index in [2.05, 4.69) is 27.1 Å². The van der Waals surface area contributed by atoms with Crippen molar-refractivity contribution < 1.29 is 38.2 Å². The van der Waals surface area contributed by atoms with Gasteiger partial charge in [0.05, 0.1) is 5.58 Å². The molecule has 0 saturated carbocycles. The Morgan fingerprint density at radius 1 is 0.761 bits per heavy atom. The van der Waals surface area contributed by atoms with Gasteiger partial charge in [0, 0.05) is 57.3 Å². The second-order valence-electron chi connectivity index (χ2n) is 13.1. The summed E-state index contributed by atoms with van der Waals surface area (Å²) in [4.78, 5) is 13.1. The van der Waals surface area contributed by atoms with E-state index < -0.39 is 37.3 Å². The van der Waals surface area contributed by atoms with Crippen LogP contribution in [-0.4, -0.2) is 15.0 Å². The maximum absolute atomic E-state index is 8.61. The third-order valence-corrected chi connectivity index (χ3v) is 6.93. The van der Waals surface area contributed by atoms with E-state index in [9.17, 15) is 0 Å². The van der Waals surface area contributed by atoms with E-state index in [1.807, 2.05) is 59.7 Å². The molecule has 0 aliphatic heterocycles. The Balaban J connectivity index is 0.000000223. The fourth-order valence-corrected chi connectivity index (χ4v) is 5.22. The average molecular weight is 794 g/mol. The Hall–Kier alpha value is -3.92. The summed E-state index contributed by atoms with van der Waals surface area (Å²) in [6.07, 6.45) is 0.0568. The maximum Gasteiger partial charge on any atom is 0.216 e. The van der Waals surface area contributed by atoms with Crippen LogP contribution in [0.25, 0.3) is 55.4 Å². The molecule has 3 aromatic carbocycles. The zero-order valence-electron chi connectivity index (χ0n) is 36.6. The van der Waals surface area contributed by atoms with Gasteiger partial charge in [0.2, 0.25) is 5.71 Å². The second kappa shape index (κ2) is 13.1. The number of aryl methyl sites for hydroxylation is 2. The number of furan rings is 1. The summed E-state index contributed by atoms with van der Waals surface area (Å²) in [6, 6.07) is 24.9. The van der Waals surface area contributed by atoms with Crippen molar-refractivity contribution >= 4 is 32.8 Å². The van der Waals surface area contributed by atoms with Gasteiger partial charge in [-0.2, -0.15) is 0 Å². The van der Waals surface area contributed by atoms with Crippen molar-refractivity contribution in [3.63, 3.8) is 0 Å². The van der Waals surface area contributed by atoms with Crippen molar-refractivity contribution in [3.8, 4) is 22.5 Å². The first-order chi connectivity index (χ1) is 25.3. The molecule has 4 nitrogen and oxygen atoms in total. The largest absolute Gasteiger partial charge is 0.486 e. The van der Waals surface area contributed by atoms with Crippen LogP contribution in [0.5, 0.6) is 0 Å². The van der Waals surface area contributed by atoms with Crippen LogP contribution < -0.4 is 0 Å². The third-order valence-electron chi connectivity index (χ3n) is 6.93. The molecule has 7 aromatic rings. The van der Waals surface area contributed by atoms with Gasteiger partial charge >= 0.3 is 0 Å². The number of hydrogen-bond donors (Lipinski definition) is 0. The number of nitrogens with zero attached hydrogens (tertiary/aromatic N) is 3. The molecule has 0 aliphatic carbocycles. The normalized spacial score (nSPS) is 16.3. The van der Waals surface area contributed by atoms with E-state index in [0.29, 0.717) is 39.2 Å². The molecule has 0 N–H and O–H groups in total. The number of rotatable bonds is 4. The molecule has 237 valence electrons. The molecule has 0 spiro atoms. The Labute approximate surface area is 300 Å².